The number of hydrogen-bond donors (Lipinski definition) is 1. The van der Waals surface area contributed by atoms with Crippen molar-refractivity contribution in [2.24, 2.45) is 0 Å². The summed E-state index contributed by atoms with van der Waals surface area (Å²) in [6.07, 6.45) is 0. The lowest BCUT2D eigenvalue weighted by Crippen LogP contribution is -2.41. The number of tetrazole rings is 1. The van der Waals surface area contributed by atoms with Crippen LogP contribution in [0.3, 0.4) is 0 Å². The molecule has 0 amide bonds. The second-order valence-corrected chi connectivity index (χ2v) is 8.40. The Bertz CT molecular complexity index is 1710. The molecule has 1 N–H and O–H groups in total. The zero-order valence-corrected chi connectivity index (χ0v) is 20.5. The minimum atomic E-state index is -0.603. The third-order valence-corrected chi connectivity index (χ3v) is 6.27. The number of esters is 1. The summed E-state index contributed by atoms with van der Waals surface area (Å²) in [5, 5.41) is 14.2. The summed E-state index contributed by atoms with van der Waals surface area (Å²) in [5.74, 6) is 0.519. The first-order valence-electron chi connectivity index (χ1n) is 11.6. The van der Waals surface area contributed by atoms with E-state index in [1.165, 1.54) is 11.7 Å². The van der Waals surface area contributed by atoms with Crippen LogP contribution in [0.5, 0.6) is 0 Å². The minimum absolute atomic E-state index is 0.161. The highest BCUT2D eigenvalue weighted by atomic mass is 16.5. The summed E-state index contributed by atoms with van der Waals surface area (Å²) >= 11 is 0. The summed E-state index contributed by atoms with van der Waals surface area (Å²) < 4.78 is 8.79. The van der Waals surface area contributed by atoms with Gasteiger partial charge in [-0.3, -0.25) is 18.7 Å². The van der Waals surface area contributed by atoms with E-state index in [0.29, 0.717) is 18.2 Å². The lowest BCUT2D eigenvalue weighted by Gasteiger charge is -2.12. The van der Waals surface area contributed by atoms with Crippen LogP contribution < -0.4 is 11.2 Å². The molecule has 0 spiro atoms. The molecule has 3 heterocycles. The zero-order valence-electron chi connectivity index (χ0n) is 20.5. The van der Waals surface area contributed by atoms with Gasteiger partial charge in [-0.1, -0.05) is 48.5 Å². The van der Waals surface area contributed by atoms with E-state index >= 15 is 0 Å². The van der Waals surface area contributed by atoms with Gasteiger partial charge < -0.3 is 9.30 Å². The molecule has 0 aliphatic carbocycles. The van der Waals surface area contributed by atoms with Crippen molar-refractivity contribution in [1.29, 1.82) is 0 Å². The molecule has 0 saturated carbocycles. The summed E-state index contributed by atoms with van der Waals surface area (Å²) in [7, 11) is 1.24. The number of fused-ring (bicyclic) bond motifs is 1. The van der Waals surface area contributed by atoms with Crippen molar-refractivity contribution < 1.29 is 9.53 Å². The fourth-order valence-corrected chi connectivity index (χ4v) is 4.39. The van der Waals surface area contributed by atoms with Crippen LogP contribution in [0.4, 0.5) is 0 Å². The highest BCUT2D eigenvalue weighted by Crippen LogP contribution is 2.30. The van der Waals surface area contributed by atoms with E-state index in [9.17, 15) is 14.4 Å². The molecule has 0 radical (unpaired) electrons. The maximum absolute atomic E-state index is 13.3. The Balaban J connectivity index is 1.55. The Morgan fingerprint density at radius 3 is 2.38 bits per heavy atom. The second-order valence-electron chi connectivity index (χ2n) is 8.40. The predicted molar refractivity (Wildman–Crippen MR) is 135 cm³/mol. The number of rotatable bonds is 7. The SMILES string of the molecule is CCn1c(=O)c2c(nc(C)n2Cc2ccc(-c3ccccc3-c3nnn[nH]3)cc2)n(CC(=O)OC)c1=O. The zero-order chi connectivity index (χ0) is 26.1. The molecule has 0 saturated heterocycles. The molecule has 0 atom stereocenters. The second kappa shape index (κ2) is 9.64. The summed E-state index contributed by atoms with van der Waals surface area (Å²) in [4.78, 5) is 42.6. The quantitative estimate of drug-likeness (QED) is 0.333. The molecule has 3 aromatic heterocycles. The Morgan fingerprint density at radius 1 is 1.00 bits per heavy atom. The van der Waals surface area contributed by atoms with Crippen molar-refractivity contribution in [2.75, 3.05) is 7.11 Å². The van der Waals surface area contributed by atoms with Crippen LogP contribution in [-0.4, -0.2) is 52.4 Å². The van der Waals surface area contributed by atoms with Crippen LogP contribution in [0.15, 0.2) is 58.1 Å². The van der Waals surface area contributed by atoms with E-state index in [1.54, 1.807) is 18.4 Å². The van der Waals surface area contributed by atoms with Gasteiger partial charge in [0.1, 0.15) is 12.4 Å². The fraction of sp³-hybridized carbons (Fsp3) is 0.240. The van der Waals surface area contributed by atoms with Gasteiger partial charge in [-0.25, -0.2) is 14.9 Å². The Kier molecular flexibility index (Phi) is 6.22. The van der Waals surface area contributed by atoms with Crippen LogP contribution in [0.1, 0.15) is 18.3 Å². The van der Waals surface area contributed by atoms with Gasteiger partial charge >= 0.3 is 11.7 Å². The van der Waals surface area contributed by atoms with E-state index in [1.807, 2.05) is 48.5 Å². The molecule has 0 aliphatic rings. The standard InChI is InChI=1S/C25H24N8O4/c1-4-31-24(35)21-23(33(25(31)36)14-20(34)37-3)26-15(2)32(21)13-16-9-11-17(12-10-16)18-7-5-6-8-19(18)22-27-29-30-28-22/h5-12H,4,13-14H2,1-3H3,(H,27,28,29,30). The average molecular weight is 501 g/mol. The number of carbonyl (C=O) groups is 1. The third-order valence-electron chi connectivity index (χ3n) is 6.27. The molecule has 5 aromatic rings. The maximum Gasteiger partial charge on any atom is 0.333 e. The molecule has 12 nitrogen and oxygen atoms in total. The minimum Gasteiger partial charge on any atom is -0.468 e. The maximum atomic E-state index is 13.3. The van der Waals surface area contributed by atoms with Crippen LogP contribution in [-0.2, 0) is 29.2 Å². The number of benzene rings is 2. The van der Waals surface area contributed by atoms with Gasteiger partial charge in [-0.2, -0.15) is 0 Å². The van der Waals surface area contributed by atoms with E-state index < -0.39 is 17.2 Å². The first kappa shape index (κ1) is 23.9. The van der Waals surface area contributed by atoms with E-state index in [2.05, 4.69) is 25.6 Å². The van der Waals surface area contributed by atoms with E-state index in [0.717, 1.165) is 26.8 Å². The summed E-state index contributed by atoms with van der Waals surface area (Å²) in [6.45, 7) is 3.64. The van der Waals surface area contributed by atoms with E-state index in [-0.39, 0.29) is 24.3 Å². The lowest BCUT2D eigenvalue weighted by molar-refractivity contribution is -0.141. The van der Waals surface area contributed by atoms with Crippen LogP contribution in [0, 0.1) is 6.92 Å². The number of aromatic amines is 1. The van der Waals surface area contributed by atoms with Crippen molar-refractivity contribution in [3.05, 3.63) is 80.8 Å². The third kappa shape index (κ3) is 4.22. The number of aromatic nitrogens is 8. The van der Waals surface area contributed by atoms with Crippen molar-refractivity contribution >= 4 is 17.1 Å². The molecule has 2 aromatic carbocycles. The van der Waals surface area contributed by atoms with Crippen molar-refractivity contribution in [2.45, 2.75) is 33.5 Å². The van der Waals surface area contributed by atoms with Gasteiger partial charge in [-0.15, -0.1) is 5.10 Å². The molecule has 0 bridgehead atoms. The molecule has 0 unspecified atom stereocenters. The van der Waals surface area contributed by atoms with Crippen LogP contribution in [0.2, 0.25) is 0 Å². The highest BCUT2D eigenvalue weighted by Gasteiger charge is 2.21. The number of methoxy groups -OCH3 is 1. The molecular weight excluding hydrogens is 476 g/mol. The lowest BCUT2D eigenvalue weighted by atomic mass is 9.98. The molecule has 12 heteroatoms. The molecule has 37 heavy (non-hydrogen) atoms. The van der Waals surface area contributed by atoms with Crippen LogP contribution >= 0.6 is 0 Å². The number of nitrogens with one attached hydrogen (secondary N) is 1. The van der Waals surface area contributed by atoms with E-state index in [4.69, 9.17) is 4.74 Å². The Labute approximate surface area is 210 Å². The van der Waals surface area contributed by atoms with Crippen molar-refractivity contribution in [3.8, 4) is 22.5 Å². The molecule has 5 rings (SSSR count). The number of H-pyrrole nitrogens is 1. The molecule has 0 fully saturated rings. The Morgan fingerprint density at radius 2 is 1.73 bits per heavy atom. The topological polar surface area (TPSA) is 143 Å². The van der Waals surface area contributed by atoms with Crippen LogP contribution in [0.25, 0.3) is 33.7 Å². The number of carbonyl (C=O) groups excluding carboxylic acids is 1. The number of hydrogen-bond acceptors (Lipinski definition) is 8. The monoisotopic (exact) mass is 500 g/mol. The predicted octanol–water partition coefficient (Wildman–Crippen LogP) is 1.76. The van der Waals surface area contributed by atoms with Gasteiger partial charge in [-0.05, 0) is 41.0 Å². The van der Waals surface area contributed by atoms with Gasteiger partial charge in [0, 0.05) is 18.7 Å². The Hall–Kier alpha value is -4.87. The fourth-order valence-electron chi connectivity index (χ4n) is 4.39. The summed E-state index contributed by atoms with van der Waals surface area (Å²) in [6, 6.07) is 15.7. The molecule has 188 valence electrons. The number of nitrogens with zero attached hydrogens (tertiary/aromatic N) is 7. The normalized spacial score (nSPS) is 11.2. The van der Waals surface area contributed by atoms with Gasteiger partial charge in [0.2, 0.25) is 0 Å². The van der Waals surface area contributed by atoms with Crippen molar-refractivity contribution in [1.82, 2.24) is 39.3 Å². The van der Waals surface area contributed by atoms with Gasteiger partial charge in [0.05, 0.1) is 7.11 Å². The first-order valence-corrected chi connectivity index (χ1v) is 11.6. The highest BCUT2D eigenvalue weighted by molar-refractivity contribution is 5.80. The van der Waals surface area contributed by atoms with Gasteiger partial charge in [0.15, 0.2) is 17.0 Å². The molecule has 0 aliphatic heterocycles. The molecular formula is C25H24N8O4. The average Bonchev–Trinajstić information content (AvgIpc) is 3.56. The number of ether oxygens (including phenoxy) is 1. The van der Waals surface area contributed by atoms with Gasteiger partial charge in [0.25, 0.3) is 5.56 Å². The largest absolute Gasteiger partial charge is 0.468 e. The smallest absolute Gasteiger partial charge is 0.333 e. The first-order chi connectivity index (χ1) is 17.9. The summed E-state index contributed by atoms with van der Waals surface area (Å²) in [5.41, 5.74) is 3.12. The number of imidazole rings is 1. The number of aryl methyl sites for hydroxylation is 1. The van der Waals surface area contributed by atoms with Crippen molar-refractivity contribution in [3.63, 3.8) is 0 Å².